The average Bonchev–Trinajstić information content (AvgIpc) is 2.42. The number of carbonyl (C=O) groups is 1. The van der Waals surface area contributed by atoms with Crippen LogP contribution in [0.2, 0.25) is 0 Å². The van der Waals surface area contributed by atoms with Gasteiger partial charge in [0.25, 0.3) is 0 Å². The number of benzene rings is 1. The summed E-state index contributed by atoms with van der Waals surface area (Å²) in [5.41, 5.74) is 6.82. The van der Waals surface area contributed by atoms with Crippen molar-refractivity contribution in [2.45, 2.75) is 33.2 Å². The number of fused-ring (bicyclic) bond motifs is 1. The van der Waals surface area contributed by atoms with E-state index in [1.54, 1.807) is 0 Å². The largest absolute Gasteiger partial charge is 0.492 e. The molecule has 110 valence electrons. The predicted octanol–water partition coefficient (Wildman–Crippen LogP) is 1.73. The van der Waals surface area contributed by atoms with Crippen molar-refractivity contribution in [1.82, 2.24) is 5.32 Å². The van der Waals surface area contributed by atoms with Crippen LogP contribution >= 0.6 is 0 Å². The second-order valence-electron chi connectivity index (χ2n) is 6.48. The summed E-state index contributed by atoms with van der Waals surface area (Å²) in [6, 6.07) is 7.86. The molecule has 1 aromatic rings. The van der Waals surface area contributed by atoms with Crippen molar-refractivity contribution in [3.05, 3.63) is 29.8 Å². The van der Waals surface area contributed by atoms with Crippen molar-refractivity contribution < 1.29 is 9.53 Å². The van der Waals surface area contributed by atoms with Gasteiger partial charge in [-0.05, 0) is 23.5 Å². The fourth-order valence-electron chi connectivity index (χ4n) is 2.41. The van der Waals surface area contributed by atoms with Crippen molar-refractivity contribution >= 4 is 5.91 Å². The van der Waals surface area contributed by atoms with Crippen molar-refractivity contribution in [3.63, 3.8) is 0 Å². The monoisotopic (exact) mass is 276 g/mol. The summed E-state index contributed by atoms with van der Waals surface area (Å²) in [5, 5.41) is 3.06. The molecule has 0 bridgehead atoms. The fourth-order valence-corrected chi connectivity index (χ4v) is 2.41. The molecule has 1 aliphatic heterocycles. The van der Waals surface area contributed by atoms with Crippen molar-refractivity contribution in [2.24, 2.45) is 17.1 Å². The lowest BCUT2D eigenvalue weighted by molar-refractivity contribution is -0.127. The van der Waals surface area contributed by atoms with Crippen LogP contribution in [0.25, 0.3) is 0 Å². The summed E-state index contributed by atoms with van der Waals surface area (Å²) in [7, 11) is 0. The lowest BCUT2D eigenvalue weighted by Gasteiger charge is -2.32. The Balaban J connectivity index is 2.01. The van der Waals surface area contributed by atoms with Crippen LogP contribution in [0.4, 0.5) is 0 Å². The van der Waals surface area contributed by atoms with E-state index >= 15 is 0 Å². The van der Waals surface area contributed by atoms with Gasteiger partial charge < -0.3 is 15.8 Å². The Morgan fingerprint density at radius 3 is 2.80 bits per heavy atom. The maximum Gasteiger partial charge on any atom is 0.227 e. The van der Waals surface area contributed by atoms with Gasteiger partial charge in [0.2, 0.25) is 5.91 Å². The van der Waals surface area contributed by atoms with Gasteiger partial charge in [-0.25, -0.2) is 0 Å². The van der Waals surface area contributed by atoms with Crippen LogP contribution in [0.5, 0.6) is 5.75 Å². The molecule has 0 saturated carbocycles. The van der Waals surface area contributed by atoms with Crippen LogP contribution in [0.15, 0.2) is 24.3 Å². The van der Waals surface area contributed by atoms with Crippen LogP contribution < -0.4 is 15.8 Å². The number of ether oxygens (including phenoxy) is 1. The molecular formula is C16H24N2O2. The zero-order valence-electron chi connectivity index (χ0n) is 12.5. The first-order valence-corrected chi connectivity index (χ1v) is 7.13. The Kier molecular flexibility index (Phi) is 4.33. The quantitative estimate of drug-likeness (QED) is 0.883. The number of rotatable bonds is 3. The van der Waals surface area contributed by atoms with Gasteiger partial charge in [0, 0.05) is 12.6 Å². The van der Waals surface area contributed by atoms with Crippen molar-refractivity contribution in [1.29, 1.82) is 0 Å². The number of amides is 1. The molecule has 0 aromatic heterocycles. The van der Waals surface area contributed by atoms with E-state index in [-0.39, 0.29) is 23.3 Å². The van der Waals surface area contributed by atoms with Gasteiger partial charge in [-0.3, -0.25) is 4.79 Å². The zero-order chi connectivity index (χ0) is 14.8. The maximum absolute atomic E-state index is 12.4. The number of para-hydroxylation sites is 1. The van der Waals surface area contributed by atoms with Gasteiger partial charge in [-0.1, -0.05) is 39.0 Å². The SMILES string of the molecule is CC(C)(C)C(CN)NC(=O)C1COc2ccccc2C1. The third kappa shape index (κ3) is 3.31. The van der Waals surface area contributed by atoms with Crippen LogP contribution in [-0.2, 0) is 11.2 Å². The molecule has 4 nitrogen and oxygen atoms in total. The van der Waals surface area contributed by atoms with E-state index in [1.807, 2.05) is 24.3 Å². The van der Waals surface area contributed by atoms with E-state index in [2.05, 4.69) is 26.1 Å². The third-order valence-corrected chi connectivity index (χ3v) is 3.85. The molecule has 1 aliphatic rings. The van der Waals surface area contributed by atoms with E-state index in [0.717, 1.165) is 17.7 Å². The van der Waals surface area contributed by atoms with Gasteiger partial charge in [-0.2, -0.15) is 0 Å². The second kappa shape index (κ2) is 5.83. The molecule has 2 unspecified atom stereocenters. The Morgan fingerprint density at radius 1 is 1.45 bits per heavy atom. The minimum Gasteiger partial charge on any atom is -0.492 e. The normalized spacial score (nSPS) is 19.7. The van der Waals surface area contributed by atoms with Crippen LogP contribution in [0.1, 0.15) is 26.3 Å². The van der Waals surface area contributed by atoms with Gasteiger partial charge >= 0.3 is 0 Å². The zero-order valence-corrected chi connectivity index (χ0v) is 12.5. The number of hydrogen-bond acceptors (Lipinski definition) is 3. The molecule has 0 radical (unpaired) electrons. The molecule has 0 saturated heterocycles. The van der Waals surface area contributed by atoms with E-state index < -0.39 is 0 Å². The Labute approximate surface area is 120 Å². The number of nitrogens with one attached hydrogen (secondary N) is 1. The summed E-state index contributed by atoms with van der Waals surface area (Å²) in [4.78, 5) is 12.4. The highest BCUT2D eigenvalue weighted by Crippen LogP contribution is 2.27. The lowest BCUT2D eigenvalue weighted by atomic mass is 9.86. The van der Waals surface area contributed by atoms with E-state index in [4.69, 9.17) is 10.5 Å². The standard InChI is InChI=1S/C16H24N2O2/c1-16(2,3)14(9-17)18-15(19)12-8-11-6-4-5-7-13(11)20-10-12/h4-7,12,14H,8-10,17H2,1-3H3,(H,18,19). The highest BCUT2D eigenvalue weighted by Gasteiger charge is 2.30. The Bertz CT molecular complexity index is 480. The fraction of sp³-hybridized carbons (Fsp3) is 0.562. The Morgan fingerprint density at radius 2 is 2.15 bits per heavy atom. The maximum atomic E-state index is 12.4. The summed E-state index contributed by atoms with van der Waals surface area (Å²) in [6.07, 6.45) is 0.726. The molecule has 4 heteroatoms. The van der Waals surface area contributed by atoms with Crippen molar-refractivity contribution in [2.75, 3.05) is 13.2 Å². The van der Waals surface area contributed by atoms with Crippen LogP contribution in [0.3, 0.4) is 0 Å². The molecule has 1 aromatic carbocycles. The number of nitrogens with two attached hydrogens (primary N) is 1. The molecule has 0 fully saturated rings. The Hall–Kier alpha value is -1.55. The second-order valence-corrected chi connectivity index (χ2v) is 6.48. The molecule has 1 amide bonds. The summed E-state index contributed by atoms with van der Waals surface area (Å²) >= 11 is 0. The lowest BCUT2D eigenvalue weighted by Crippen LogP contribution is -2.51. The van der Waals surface area contributed by atoms with E-state index in [1.165, 1.54) is 0 Å². The smallest absolute Gasteiger partial charge is 0.227 e. The third-order valence-electron chi connectivity index (χ3n) is 3.85. The topological polar surface area (TPSA) is 64.3 Å². The minimum atomic E-state index is -0.138. The first-order valence-electron chi connectivity index (χ1n) is 7.13. The molecule has 0 spiro atoms. The van der Waals surface area contributed by atoms with E-state index in [9.17, 15) is 4.79 Å². The highest BCUT2D eigenvalue weighted by molar-refractivity contribution is 5.80. The van der Waals surface area contributed by atoms with Gasteiger partial charge in [0.1, 0.15) is 12.4 Å². The molecular weight excluding hydrogens is 252 g/mol. The minimum absolute atomic E-state index is 0.0211. The molecule has 20 heavy (non-hydrogen) atoms. The number of hydrogen-bond donors (Lipinski definition) is 2. The number of carbonyl (C=O) groups excluding carboxylic acids is 1. The van der Waals surface area contributed by atoms with Crippen molar-refractivity contribution in [3.8, 4) is 5.75 Å². The van der Waals surface area contributed by atoms with Gasteiger partial charge in [-0.15, -0.1) is 0 Å². The summed E-state index contributed by atoms with van der Waals surface area (Å²) in [5.74, 6) is 0.786. The molecule has 3 N–H and O–H groups in total. The summed E-state index contributed by atoms with van der Waals surface area (Å²) < 4.78 is 5.67. The van der Waals surface area contributed by atoms with Gasteiger partial charge in [0.05, 0.1) is 5.92 Å². The summed E-state index contributed by atoms with van der Waals surface area (Å²) in [6.45, 7) is 7.12. The molecule has 2 rings (SSSR count). The predicted molar refractivity (Wildman–Crippen MR) is 79.6 cm³/mol. The first kappa shape index (κ1) is 14.9. The molecule has 2 atom stereocenters. The average molecular weight is 276 g/mol. The van der Waals surface area contributed by atoms with E-state index in [0.29, 0.717) is 13.2 Å². The molecule has 1 heterocycles. The van der Waals surface area contributed by atoms with Gasteiger partial charge in [0.15, 0.2) is 0 Å². The highest BCUT2D eigenvalue weighted by atomic mass is 16.5. The first-order chi connectivity index (χ1) is 9.41. The van der Waals surface area contributed by atoms with Crippen LogP contribution in [0, 0.1) is 11.3 Å². The molecule has 0 aliphatic carbocycles. The van der Waals surface area contributed by atoms with Crippen LogP contribution in [-0.4, -0.2) is 25.1 Å².